The van der Waals surface area contributed by atoms with Crippen molar-refractivity contribution in [2.75, 3.05) is 13.1 Å². The fourth-order valence-corrected chi connectivity index (χ4v) is 1.60. The van der Waals surface area contributed by atoms with Crippen LogP contribution in [0, 0.1) is 11.3 Å². The molecule has 1 heterocycles. The second-order valence-electron chi connectivity index (χ2n) is 4.12. The summed E-state index contributed by atoms with van der Waals surface area (Å²) in [6, 6.07) is 3.13. The van der Waals surface area contributed by atoms with Crippen LogP contribution in [0.5, 0.6) is 0 Å². The van der Waals surface area contributed by atoms with Gasteiger partial charge in [-0.3, -0.25) is 18.7 Å². The van der Waals surface area contributed by atoms with E-state index >= 15 is 0 Å². The highest BCUT2D eigenvalue weighted by molar-refractivity contribution is 5.75. The van der Waals surface area contributed by atoms with Crippen molar-refractivity contribution in [3.05, 3.63) is 33.1 Å². The van der Waals surface area contributed by atoms with Gasteiger partial charge in [-0.05, 0) is 13.0 Å². The number of nitrogens with zero attached hydrogens (tertiary/aromatic N) is 3. The smallest absolute Gasteiger partial charge is 0.331 e. The molecule has 20 heavy (non-hydrogen) atoms. The number of aromatic nitrogens is 2. The molecule has 0 saturated heterocycles. The standard InChI is InChI=1S/C12H17N5O3/c13-4-1-6-15-10(18)9-16-8-3-11(19)17(12(16)20)7-2-5-14/h3,8H,1-2,5-7,9,14H2,(H,15,18). The average molecular weight is 279 g/mol. The molecule has 0 bridgehead atoms. The third-order valence-corrected chi connectivity index (χ3v) is 2.60. The van der Waals surface area contributed by atoms with Crippen LogP contribution >= 0.6 is 0 Å². The van der Waals surface area contributed by atoms with Crippen molar-refractivity contribution in [1.29, 1.82) is 5.26 Å². The molecule has 0 aliphatic carbocycles. The van der Waals surface area contributed by atoms with Crippen molar-refractivity contribution in [1.82, 2.24) is 14.5 Å². The Morgan fingerprint density at radius 2 is 2.20 bits per heavy atom. The quantitative estimate of drug-likeness (QED) is 0.581. The van der Waals surface area contributed by atoms with E-state index in [4.69, 9.17) is 11.0 Å². The van der Waals surface area contributed by atoms with Crippen LogP contribution in [0.4, 0.5) is 0 Å². The molecule has 0 unspecified atom stereocenters. The molecule has 0 saturated carbocycles. The Labute approximate surface area is 115 Å². The molecule has 8 heteroatoms. The first-order valence-electron chi connectivity index (χ1n) is 6.24. The summed E-state index contributed by atoms with van der Waals surface area (Å²) in [5.74, 6) is -0.383. The minimum atomic E-state index is -0.540. The SMILES string of the molecule is N#CCCNC(=O)Cn1ccc(=O)n(CCCN)c1=O. The number of carbonyl (C=O) groups excluding carboxylic acids is 1. The fraction of sp³-hybridized carbons (Fsp3) is 0.500. The molecule has 1 aromatic rings. The zero-order valence-corrected chi connectivity index (χ0v) is 11.0. The van der Waals surface area contributed by atoms with Crippen LogP contribution in [0.3, 0.4) is 0 Å². The number of hydrogen-bond donors (Lipinski definition) is 2. The first kappa shape index (κ1) is 15.7. The lowest BCUT2D eigenvalue weighted by Gasteiger charge is -2.09. The molecule has 108 valence electrons. The van der Waals surface area contributed by atoms with Crippen LogP contribution in [0.15, 0.2) is 21.9 Å². The van der Waals surface area contributed by atoms with Crippen LogP contribution in [-0.4, -0.2) is 28.1 Å². The number of nitrogens with two attached hydrogens (primary N) is 1. The summed E-state index contributed by atoms with van der Waals surface area (Å²) in [6.07, 6.45) is 2.00. The maximum absolute atomic E-state index is 12.0. The lowest BCUT2D eigenvalue weighted by Crippen LogP contribution is -2.42. The fourth-order valence-electron chi connectivity index (χ4n) is 1.60. The number of nitrogens with one attached hydrogen (secondary N) is 1. The minimum Gasteiger partial charge on any atom is -0.354 e. The van der Waals surface area contributed by atoms with Crippen LogP contribution in [0.1, 0.15) is 12.8 Å². The Morgan fingerprint density at radius 3 is 2.85 bits per heavy atom. The third-order valence-electron chi connectivity index (χ3n) is 2.60. The Hall–Kier alpha value is -2.40. The number of nitriles is 1. The van der Waals surface area contributed by atoms with E-state index in [1.54, 1.807) is 0 Å². The lowest BCUT2D eigenvalue weighted by molar-refractivity contribution is -0.121. The first-order valence-corrected chi connectivity index (χ1v) is 6.24. The monoisotopic (exact) mass is 279 g/mol. The van der Waals surface area contributed by atoms with Crippen molar-refractivity contribution in [2.24, 2.45) is 5.73 Å². The Morgan fingerprint density at radius 1 is 1.45 bits per heavy atom. The van der Waals surface area contributed by atoms with Gasteiger partial charge in [0.15, 0.2) is 0 Å². The molecule has 1 rings (SSSR count). The van der Waals surface area contributed by atoms with Crippen LogP contribution in [0.25, 0.3) is 0 Å². The van der Waals surface area contributed by atoms with E-state index in [0.717, 1.165) is 9.13 Å². The number of hydrogen-bond acceptors (Lipinski definition) is 5. The van der Waals surface area contributed by atoms with Gasteiger partial charge in [-0.1, -0.05) is 0 Å². The van der Waals surface area contributed by atoms with Gasteiger partial charge in [0.2, 0.25) is 5.91 Å². The Kier molecular flexibility index (Phi) is 6.19. The summed E-state index contributed by atoms with van der Waals surface area (Å²) < 4.78 is 2.20. The molecule has 3 N–H and O–H groups in total. The predicted molar refractivity (Wildman–Crippen MR) is 71.9 cm³/mol. The van der Waals surface area contributed by atoms with Gasteiger partial charge in [0, 0.05) is 25.4 Å². The highest BCUT2D eigenvalue weighted by atomic mass is 16.2. The second kappa shape index (κ2) is 7.91. The van der Waals surface area contributed by atoms with Crippen molar-refractivity contribution in [2.45, 2.75) is 25.9 Å². The normalized spacial score (nSPS) is 10.0. The van der Waals surface area contributed by atoms with Gasteiger partial charge in [0.1, 0.15) is 6.54 Å². The van der Waals surface area contributed by atoms with Gasteiger partial charge in [-0.15, -0.1) is 0 Å². The van der Waals surface area contributed by atoms with E-state index in [0.29, 0.717) is 13.0 Å². The van der Waals surface area contributed by atoms with Crippen molar-refractivity contribution in [3.63, 3.8) is 0 Å². The van der Waals surface area contributed by atoms with Crippen LogP contribution in [0.2, 0.25) is 0 Å². The number of rotatable bonds is 7. The highest BCUT2D eigenvalue weighted by Crippen LogP contribution is 1.84. The maximum atomic E-state index is 12.0. The minimum absolute atomic E-state index is 0.187. The molecule has 1 amide bonds. The van der Waals surface area contributed by atoms with Gasteiger partial charge in [0.05, 0.1) is 12.5 Å². The summed E-state index contributed by atoms with van der Waals surface area (Å²) in [7, 11) is 0. The van der Waals surface area contributed by atoms with Gasteiger partial charge in [0.25, 0.3) is 5.56 Å². The molecule has 8 nitrogen and oxygen atoms in total. The molecule has 0 atom stereocenters. The number of carbonyl (C=O) groups is 1. The van der Waals surface area contributed by atoms with E-state index < -0.39 is 11.2 Å². The number of amides is 1. The molecule has 0 spiro atoms. The van der Waals surface area contributed by atoms with Gasteiger partial charge < -0.3 is 11.1 Å². The molecule has 0 aliphatic rings. The second-order valence-corrected chi connectivity index (χ2v) is 4.12. The van der Waals surface area contributed by atoms with E-state index in [9.17, 15) is 14.4 Å². The van der Waals surface area contributed by atoms with E-state index in [2.05, 4.69) is 5.32 Å². The summed E-state index contributed by atoms with van der Waals surface area (Å²) in [5, 5.41) is 10.9. The van der Waals surface area contributed by atoms with E-state index in [1.807, 2.05) is 6.07 Å². The largest absolute Gasteiger partial charge is 0.354 e. The van der Waals surface area contributed by atoms with Gasteiger partial charge in [-0.25, -0.2) is 4.79 Å². The van der Waals surface area contributed by atoms with Gasteiger partial charge in [-0.2, -0.15) is 5.26 Å². The zero-order chi connectivity index (χ0) is 15.0. The Bertz CT molecular complexity index is 611. The molecule has 0 fully saturated rings. The molecule has 1 aromatic heterocycles. The third kappa shape index (κ3) is 4.37. The maximum Gasteiger partial charge on any atom is 0.331 e. The summed E-state index contributed by atoms with van der Waals surface area (Å²) >= 11 is 0. The van der Waals surface area contributed by atoms with Crippen LogP contribution < -0.4 is 22.3 Å². The predicted octanol–water partition coefficient (Wildman–Crippen LogP) is -1.61. The van der Waals surface area contributed by atoms with E-state index in [1.165, 1.54) is 12.3 Å². The summed E-state index contributed by atoms with van der Waals surface area (Å²) in [4.78, 5) is 35.1. The van der Waals surface area contributed by atoms with Gasteiger partial charge >= 0.3 is 5.69 Å². The lowest BCUT2D eigenvalue weighted by atomic mass is 10.4. The van der Waals surface area contributed by atoms with E-state index in [-0.39, 0.29) is 32.0 Å². The molecular weight excluding hydrogens is 262 g/mol. The summed E-state index contributed by atoms with van der Waals surface area (Å²) in [6.45, 7) is 0.643. The van der Waals surface area contributed by atoms with Crippen molar-refractivity contribution >= 4 is 5.91 Å². The first-order chi connectivity index (χ1) is 9.60. The Balaban J connectivity index is 2.81. The highest BCUT2D eigenvalue weighted by Gasteiger charge is 2.08. The topological polar surface area (TPSA) is 123 Å². The van der Waals surface area contributed by atoms with Crippen LogP contribution in [-0.2, 0) is 17.9 Å². The molecule has 0 aliphatic heterocycles. The summed E-state index contributed by atoms with van der Waals surface area (Å²) in [5.41, 5.74) is 4.40. The molecule has 0 radical (unpaired) electrons. The molecule has 0 aromatic carbocycles. The average Bonchev–Trinajstić information content (AvgIpc) is 2.42. The van der Waals surface area contributed by atoms with Crippen molar-refractivity contribution < 1.29 is 4.79 Å². The zero-order valence-electron chi connectivity index (χ0n) is 11.0. The molecular formula is C12H17N5O3. The van der Waals surface area contributed by atoms with Crippen molar-refractivity contribution in [3.8, 4) is 6.07 Å².